The molecule has 1 saturated heterocycles. The smallest absolute Gasteiger partial charge is 0.226 e. The van der Waals surface area contributed by atoms with Crippen LogP contribution in [0.3, 0.4) is 0 Å². The Morgan fingerprint density at radius 2 is 1.76 bits per heavy atom. The number of amides is 1. The van der Waals surface area contributed by atoms with Crippen molar-refractivity contribution in [2.45, 2.75) is 45.1 Å². The summed E-state index contributed by atoms with van der Waals surface area (Å²) in [6.07, 6.45) is 2.10. The number of aryl methyl sites for hydroxylation is 2. The number of hydrogen-bond donors (Lipinski definition) is 0. The largest absolute Gasteiger partial charge is 0.493 e. The van der Waals surface area contributed by atoms with Crippen molar-refractivity contribution in [3.8, 4) is 11.5 Å². The highest BCUT2D eigenvalue weighted by molar-refractivity contribution is 6.00. The van der Waals surface area contributed by atoms with Crippen LogP contribution in [0.15, 0.2) is 42.5 Å². The lowest BCUT2D eigenvalue weighted by Gasteiger charge is -2.44. The highest BCUT2D eigenvalue weighted by Crippen LogP contribution is 2.39. The Kier molecular flexibility index (Phi) is 5.31. The van der Waals surface area contributed by atoms with Crippen molar-refractivity contribution < 1.29 is 19.1 Å². The molecule has 0 aliphatic carbocycles. The van der Waals surface area contributed by atoms with Crippen LogP contribution >= 0.6 is 0 Å². The van der Waals surface area contributed by atoms with E-state index in [0.29, 0.717) is 56.7 Å². The van der Waals surface area contributed by atoms with Crippen LogP contribution in [-0.2, 0) is 4.79 Å². The Hall–Kier alpha value is -2.82. The first kappa shape index (κ1) is 19.5. The Morgan fingerprint density at radius 3 is 2.48 bits per heavy atom. The zero-order valence-electron chi connectivity index (χ0n) is 17.1. The van der Waals surface area contributed by atoms with E-state index in [1.165, 1.54) is 5.56 Å². The second-order valence-electron chi connectivity index (χ2n) is 8.18. The van der Waals surface area contributed by atoms with Crippen LogP contribution < -0.4 is 9.47 Å². The van der Waals surface area contributed by atoms with Gasteiger partial charge in [-0.05, 0) is 38.1 Å². The number of carbonyl (C=O) groups is 2. The summed E-state index contributed by atoms with van der Waals surface area (Å²) in [7, 11) is 0. The molecule has 2 aromatic carbocycles. The van der Waals surface area contributed by atoms with Crippen LogP contribution in [0.4, 0.5) is 0 Å². The van der Waals surface area contributed by atoms with Gasteiger partial charge in [0.15, 0.2) is 5.78 Å². The Balaban J connectivity index is 1.30. The van der Waals surface area contributed by atoms with Crippen LogP contribution in [0.5, 0.6) is 11.5 Å². The molecule has 152 valence electrons. The number of fused-ring (bicyclic) bond motifs is 1. The second-order valence-corrected chi connectivity index (χ2v) is 8.18. The first-order valence-corrected chi connectivity index (χ1v) is 10.2. The van der Waals surface area contributed by atoms with Gasteiger partial charge in [-0.3, -0.25) is 9.59 Å². The van der Waals surface area contributed by atoms with Crippen LogP contribution in [-0.4, -0.2) is 41.9 Å². The number of benzene rings is 2. The van der Waals surface area contributed by atoms with Gasteiger partial charge in [-0.1, -0.05) is 29.3 Å². The third-order valence-electron chi connectivity index (χ3n) is 5.88. The summed E-state index contributed by atoms with van der Waals surface area (Å²) in [5, 5.41) is 0. The summed E-state index contributed by atoms with van der Waals surface area (Å²) in [4.78, 5) is 27.1. The molecule has 0 unspecified atom stereocenters. The van der Waals surface area contributed by atoms with E-state index in [1.807, 2.05) is 61.2 Å². The summed E-state index contributed by atoms with van der Waals surface area (Å²) in [6, 6.07) is 13.6. The van der Waals surface area contributed by atoms with Gasteiger partial charge >= 0.3 is 0 Å². The fourth-order valence-electron chi connectivity index (χ4n) is 4.10. The van der Waals surface area contributed by atoms with E-state index < -0.39 is 5.60 Å². The molecule has 2 aromatic rings. The molecule has 29 heavy (non-hydrogen) atoms. The predicted octanol–water partition coefficient (Wildman–Crippen LogP) is 4.10. The molecule has 2 heterocycles. The fourth-order valence-corrected chi connectivity index (χ4v) is 4.10. The van der Waals surface area contributed by atoms with E-state index in [0.717, 1.165) is 11.3 Å². The van der Waals surface area contributed by atoms with Crippen molar-refractivity contribution >= 4 is 11.7 Å². The maximum absolute atomic E-state index is 12.6. The number of carbonyl (C=O) groups excluding carboxylic acids is 2. The molecule has 0 N–H and O–H groups in total. The average Bonchev–Trinajstić information content (AvgIpc) is 2.71. The number of Topliss-reactive ketones (excluding diaryl/α,β-unsaturated/α-hetero) is 1. The zero-order chi connectivity index (χ0) is 20.4. The molecule has 0 radical (unpaired) electrons. The van der Waals surface area contributed by atoms with Gasteiger partial charge in [-0.2, -0.15) is 0 Å². The third kappa shape index (κ3) is 4.29. The number of ether oxygens (including phenoxy) is 2. The molecule has 5 nitrogen and oxygen atoms in total. The number of piperidine rings is 1. The maximum atomic E-state index is 12.6. The Labute approximate surface area is 171 Å². The Morgan fingerprint density at radius 1 is 1.07 bits per heavy atom. The molecular weight excluding hydrogens is 366 g/mol. The monoisotopic (exact) mass is 393 g/mol. The zero-order valence-corrected chi connectivity index (χ0v) is 17.1. The van der Waals surface area contributed by atoms with Gasteiger partial charge in [0.05, 0.1) is 25.0 Å². The van der Waals surface area contributed by atoms with Crippen molar-refractivity contribution in [1.82, 2.24) is 4.90 Å². The molecule has 4 rings (SSSR count). The van der Waals surface area contributed by atoms with E-state index in [2.05, 4.69) is 0 Å². The van der Waals surface area contributed by atoms with Crippen molar-refractivity contribution in [3.05, 3.63) is 59.2 Å². The SMILES string of the molecule is Cc1ccc(OCCC(=O)N2CCC3(CC2)CC(=O)c2cc(C)ccc2O3)cc1. The molecular formula is C24H27NO4. The molecule has 0 aromatic heterocycles. The summed E-state index contributed by atoms with van der Waals surface area (Å²) in [5.41, 5.74) is 2.44. The lowest BCUT2D eigenvalue weighted by molar-refractivity contribution is -0.135. The minimum absolute atomic E-state index is 0.0881. The molecule has 1 spiro atoms. The van der Waals surface area contributed by atoms with Gasteiger partial charge in [0, 0.05) is 25.9 Å². The van der Waals surface area contributed by atoms with Gasteiger partial charge in [0.25, 0.3) is 0 Å². The number of rotatable bonds is 4. The standard InChI is InChI=1S/C24H27NO4/c1-17-3-6-19(7-4-17)28-14-9-23(27)25-12-10-24(11-13-25)16-21(26)20-15-18(2)5-8-22(20)29-24/h3-8,15H,9-14,16H2,1-2H3. The van der Waals surface area contributed by atoms with E-state index in [-0.39, 0.29) is 11.7 Å². The number of likely N-dealkylation sites (tertiary alicyclic amines) is 1. The van der Waals surface area contributed by atoms with Gasteiger partial charge in [-0.15, -0.1) is 0 Å². The Bertz CT molecular complexity index is 911. The van der Waals surface area contributed by atoms with E-state index in [1.54, 1.807) is 0 Å². The topological polar surface area (TPSA) is 55.8 Å². The van der Waals surface area contributed by atoms with Crippen molar-refractivity contribution in [3.63, 3.8) is 0 Å². The average molecular weight is 393 g/mol. The number of ketones is 1. The quantitative estimate of drug-likeness (QED) is 0.785. The van der Waals surface area contributed by atoms with Gasteiger partial charge in [0.2, 0.25) is 5.91 Å². The van der Waals surface area contributed by atoms with Crippen LogP contribution in [0.2, 0.25) is 0 Å². The van der Waals surface area contributed by atoms with E-state index >= 15 is 0 Å². The third-order valence-corrected chi connectivity index (χ3v) is 5.88. The first-order valence-electron chi connectivity index (χ1n) is 10.2. The van der Waals surface area contributed by atoms with Crippen LogP contribution in [0.25, 0.3) is 0 Å². The van der Waals surface area contributed by atoms with Gasteiger partial charge in [-0.25, -0.2) is 0 Å². The molecule has 0 saturated carbocycles. The highest BCUT2D eigenvalue weighted by Gasteiger charge is 2.43. The van der Waals surface area contributed by atoms with Crippen LogP contribution in [0.1, 0.15) is 47.2 Å². The minimum Gasteiger partial charge on any atom is -0.493 e. The molecule has 1 fully saturated rings. The van der Waals surface area contributed by atoms with Crippen LogP contribution in [0, 0.1) is 13.8 Å². The molecule has 0 atom stereocenters. The van der Waals surface area contributed by atoms with E-state index in [9.17, 15) is 9.59 Å². The molecule has 5 heteroatoms. The van der Waals surface area contributed by atoms with E-state index in [4.69, 9.17) is 9.47 Å². The highest BCUT2D eigenvalue weighted by atomic mass is 16.5. The molecule has 2 aliphatic heterocycles. The fraction of sp³-hybridized carbons (Fsp3) is 0.417. The number of nitrogens with zero attached hydrogens (tertiary/aromatic N) is 1. The second kappa shape index (κ2) is 7.90. The predicted molar refractivity (Wildman–Crippen MR) is 111 cm³/mol. The van der Waals surface area contributed by atoms with Gasteiger partial charge in [0.1, 0.15) is 17.1 Å². The summed E-state index contributed by atoms with van der Waals surface area (Å²) < 4.78 is 12.0. The maximum Gasteiger partial charge on any atom is 0.226 e. The lowest BCUT2D eigenvalue weighted by atomic mass is 9.82. The molecule has 0 bridgehead atoms. The molecule has 2 aliphatic rings. The lowest BCUT2D eigenvalue weighted by Crippen LogP contribution is -2.52. The van der Waals surface area contributed by atoms with Crippen molar-refractivity contribution in [2.24, 2.45) is 0 Å². The van der Waals surface area contributed by atoms with Crippen molar-refractivity contribution in [2.75, 3.05) is 19.7 Å². The summed E-state index contributed by atoms with van der Waals surface area (Å²) >= 11 is 0. The summed E-state index contributed by atoms with van der Waals surface area (Å²) in [5.74, 6) is 1.69. The van der Waals surface area contributed by atoms with Crippen molar-refractivity contribution in [1.29, 1.82) is 0 Å². The normalized spacial score (nSPS) is 17.6. The number of hydrogen-bond acceptors (Lipinski definition) is 4. The first-order chi connectivity index (χ1) is 13.9. The van der Waals surface area contributed by atoms with Gasteiger partial charge < -0.3 is 14.4 Å². The molecule has 1 amide bonds. The minimum atomic E-state index is -0.478. The summed E-state index contributed by atoms with van der Waals surface area (Å²) in [6.45, 7) is 5.59.